The molecule has 0 spiro atoms. The quantitative estimate of drug-likeness (QED) is 0.836. The molecule has 8 heteroatoms. The van der Waals surface area contributed by atoms with Crippen LogP contribution in [0.2, 0.25) is 0 Å². The SMILES string of the molecule is CC1CCC(C(=O)NC2CCN(C(=O)c3cn(-c4ccc(F)cc4)nn3)CC2)CC1. The van der Waals surface area contributed by atoms with Gasteiger partial charge in [-0.25, -0.2) is 9.07 Å². The highest BCUT2D eigenvalue weighted by Crippen LogP contribution is 2.28. The number of nitrogens with zero attached hydrogens (tertiary/aromatic N) is 4. The van der Waals surface area contributed by atoms with Gasteiger partial charge in [0.05, 0.1) is 11.9 Å². The summed E-state index contributed by atoms with van der Waals surface area (Å²) in [6.45, 7) is 3.41. The normalized spacial score (nSPS) is 22.7. The number of amides is 2. The van der Waals surface area contributed by atoms with Crippen molar-refractivity contribution in [2.75, 3.05) is 13.1 Å². The van der Waals surface area contributed by atoms with Crippen molar-refractivity contribution in [2.45, 2.75) is 51.5 Å². The number of rotatable bonds is 4. The zero-order valence-corrected chi connectivity index (χ0v) is 17.3. The number of carbonyl (C=O) groups is 2. The predicted octanol–water partition coefficient (Wildman–Crippen LogP) is 2.95. The van der Waals surface area contributed by atoms with Crippen LogP contribution < -0.4 is 5.32 Å². The van der Waals surface area contributed by atoms with Crippen LogP contribution in [0.1, 0.15) is 55.9 Å². The zero-order chi connectivity index (χ0) is 21.1. The number of carbonyl (C=O) groups excluding carboxylic acids is 2. The molecule has 160 valence electrons. The molecule has 2 amide bonds. The van der Waals surface area contributed by atoms with Crippen molar-refractivity contribution in [3.8, 4) is 5.69 Å². The maximum atomic E-state index is 13.1. The maximum Gasteiger partial charge on any atom is 0.276 e. The Bertz CT molecular complexity index is 881. The summed E-state index contributed by atoms with van der Waals surface area (Å²) in [7, 11) is 0. The maximum absolute atomic E-state index is 13.1. The van der Waals surface area contributed by atoms with Gasteiger partial charge in [0.1, 0.15) is 5.82 Å². The van der Waals surface area contributed by atoms with E-state index in [0.717, 1.165) is 44.4 Å². The summed E-state index contributed by atoms with van der Waals surface area (Å²) in [5.41, 5.74) is 0.902. The molecule has 1 saturated carbocycles. The van der Waals surface area contributed by atoms with Gasteiger partial charge in [-0.15, -0.1) is 5.10 Å². The van der Waals surface area contributed by atoms with E-state index >= 15 is 0 Å². The Balaban J connectivity index is 1.28. The van der Waals surface area contributed by atoms with E-state index in [2.05, 4.69) is 22.6 Å². The lowest BCUT2D eigenvalue weighted by Crippen LogP contribution is -2.48. The molecule has 2 heterocycles. The van der Waals surface area contributed by atoms with Crippen molar-refractivity contribution in [2.24, 2.45) is 11.8 Å². The van der Waals surface area contributed by atoms with Gasteiger partial charge in [-0.2, -0.15) is 0 Å². The molecule has 0 bridgehead atoms. The number of nitrogens with one attached hydrogen (secondary N) is 1. The third kappa shape index (κ3) is 4.68. The van der Waals surface area contributed by atoms with Crippen LogP contribution in [0, 0.1) is 17.7 Å². The average Bonchev–Trinajstić information content (AvgIpc) is 3.25. The summed E-state index contributed by atoms with van der Waals surface area (Å²) in [6, 6.07) is 5.96. The van der Waals surface area contributed by atoms with Gasteiger partial charge in [0, 0.05) is 25.0 Å². The van der Waals surface area contributed by atoms with Crippen LogP contribution in [0.3, 0.4) is 0 Å². The Morgan fingerprint density at radius 1 is 1.03 bits per heavy atom. The van der Waals surface area contributed by atoms with Crippen LogP contribution in [0.4, 0.5) is 4.39 Å². The first-order valence-corrected chi connectivity index (χ1v) is 10.8. The fourth-order valence-corrected chi connectivity index (χ4v) is 4.31. The molecule has 0 radical (unpaired) electrons. The van der Waals surface area contributed by atoms with Crippen LogP contribution in [-0.2, 0) is 4.79 Å². The van der Waals surface area contributed by atoms with Crippen LogP contribution in [0.25, 0.3) is 5.69 Å². The summed E-state index contributed by atoms with van der Waals surface area (Å²) in [5, 5.41) is 11.2. The summed E-state index contributed by atoms with van der Waals surface area (Å²) in [6.07, 6.45) is 7.27. The van der Waals surface area contributed by atoms with Gasteiger partial charge >= 0.3 is 0 Å². The van der Waals surface area contributed by atoms with Gasteiger partial charge in [-0.05, 0) is 68.7 Å². The Kier molecular flexibility index (Phi) is 6.11. The number of piperidine rings is 1. The molecule has 1 aromatic carbocycles. The second kappa shape index (κ2) is 8.93. The summed E-state index contributed by atoms with van der Waals surface area (Å²) in [4.78, 5) is 27.1. The molecule has 1 aliphatic carbocycles. The van der Waals surface area contributed by atoms with E-state index in [0.29, 0.717) is 18.8 Å². The molecule has 1 aromatic heterocycles. The van der Waals surface area contributed by atoms with Crippen molar-refractivity contribution in [1.29, 1.82) is 0 Å². The lowest BCUT2D eigenvalue weighted by molar-refractivity contribution is -0.127. The fraction of sp³-hybridized carbons (Fsp3) is 0.545. The Labute approximate surface area is 175 Å². The highest BCUT2D eigenvalue weighted by Gasteiger charge is 2.29. The molecule has 0 atom stereocenters. The zero-order valence-electron chi connectivity index (χ0n) is 17.3. The number of halogens is 1. The molecule has 2 aromatic rings. The van der Waals surface area contributed by atoms with Crippen LogP contribution >= 0.6 is 0 Å². The van der Waals surface area contributed by atoms with Crippen molar-refractivity contribution in [3.63, 3.8) is 0 Å². The molecule has 7 nitrogen and oxygen atoms in total. The molecule has 1 saturated heterocycles. The number of likely N-dealkylation sites (tertiary alicyclic amines) is 1. The topological polar surface area (TPSA) is 80.1 Å². The molecule has 2 fully saturated rings. The number of hydrogen-bond donors (Lipinski definition) is 1. The van der Waals surface area contributed by atoms with Gasteiger partial charge in [0.25, 0.3) is 5.91 Å². The lowest BCUT2D eigenvalue weighted by atomic mass is 9.82. The van der Waals surface area contributed by atoms with E-state index in [1.54, 1.807) is 23.2 Å². The minimum atomic E-state index is -0.330. The monoisotopic (exact) mass is 413 g/mol. The number of benzene rings is 1. The Hall–Kier alpha value is -2.77. The van der Waals surface area contributed by atoms with Gasteiger partial charge < -0.3 is 10.2 Å². The van der Waals surface area contributed by atoms with Crippen molar-refractivity contribution in [1.82, 2.24) is 25.2 Å². The number of aromatic nitrogens is 3. The molecule has 1 aliphatic heterocycles. The second-order valence-electron chi connectivity index (χ2n) is 8.56. The van der Waals surface area contributed by atoms with Crippen molar-refractivity contribution >= 4 is 11.8 Å². The van der Waals surface area contributed by atoms with E-state index in [1.165, 1.54) is 16.8 Å². The molecule has 2 aliphatic rings. The molecule has 30 heavy (non-hydrogen) atoms. The number of hydrogen-bond acceptors (Lipinski definition) is 4. The van der Waals surface area contributed by atoms with Crippen molar-refractivity contribution < 1.29 is 14.0 Å². The van der Waals surface area contributed by atoms with E-state index in [-0.39, 0.29) is 35.3 Å². The first-order valence-electron chi connectivity index (χ1n) is 10.8. The first kappa shape index (κ1) is 20.5. The average molecular weight is 413 g/mol. The summed E-state index contributed by atoms with van der Waals surface area (Å²) < 4.78 is 14.5. The minimum absolute atomic E-state index is 0.121. The van der Waals surface area contributed by atoms with Crippen LogP contribution in [0.15, 0.2) is 30.5 Å². The van der Waals surface area contributed by atoms with Gasteiger partial charge in [-0.3, -0.25) is 9.59 Å². The fourth-order valence-electron chi connectivity index (χ4n) is 4.31. The smallest absolute Gasteiger partial charge is 0.276 e. The third-order valence-electron chi connectivity index (χ3n) is 6.32. The second-order valence-corrected chi connectivity index (χ2v) is 8.56. The van der Waals surface area contributed by atoms with Gasteiger partial charge in [-0.1, -0.05) is 12.1 Å². The minimum Gasteiger partial charge on any atom is -0.353 e. The Morgan fingerprint density at radius 3 is 2.37 bits per heavy atom. The van der Waals surface area contributed by atoms with Crippen molar-refractivity contribution in [3.05, 3.63) is 42.0 Å². The highest BCUT2D eigenvalue weighted by molar-refractivity contribution is 5.92. The van der Waals surface area contributed by atoms with Crippen LogP contribution in [-0.4, -0.2) is 50.8 Å². The van der Waals surface area contributed by atoms with Gasteiger partial charge in [0.15, 0.2) is 5.69 Å². The molecule has 4 rings (SSSR count). The molecular weight excluding hydrogens is 385 g/mol. The summed E-state index contributed by atoms with van der Waals surface area (Å²) >= 11 is 0. The predicted molar refractivity (Wildman–Crippen MR) is 110 cm³/mol. The largest absolute Gasteiger partial charge is 0.353 e. The van der Waals surface area contributed by atoms with Gasteiger partial charge in [0.2, 0.25) is 5.91 Å². The lowest BCUT2D eigenvalue weighted by Gasteiger charge is -2.33. The highest BCUT2D eigenvalue weighted by atomic mass is 19.1. The van der Waals surface area contributed by atoms with Crippen LogP contribution in [0.5, 0.6) is 0 Å². The molecule has 0 unspecified atom stereocenters. The molecular formula is C22H28FN5O2. The van der Waals surface area contributed by atoms with E-state index < -0.39 is 0 Å². The molecule has 1 N–H and O–H groups in total. The summed E-state index contributed by atoms with van der Waals surface area (Å²) in [5.74, 6) is 0.540. The Morgan fingerprint density at radius 2 is 1.70 bits per heavy atom. The van der Waals surface area contributed by atoms with E-state index in [9.17, 15) is 14.0 Å². The van der Waals surface area contributed by atoms with E-state index in [4.69, 9.17) is 0 Å². The third-order valence-corrected chi connectivity index (χ3v) is 6.32. The standard InChI is InChI=1S/C22H28FN5O2/c1-15-2-4-16(5-3-15)21(29)24-18-10-12-27(13-11-18)22(30)20-14-28(26-25-20)19-8-6-17(23)7-9-19/h6-9,14-16,18H,2-5,10-13H2,1H3,(H,24,29). The first-order chi connectivity index (χ1) is 14.5. The van der Waals surface area contributed by atoms with E-state index in [1.807, 2.05) is 0 Å².